The first-order chi connectivity index (χ1) is 13.5. The predicted octanol–water partition coefficient (Wildman–Crippen LogP) is 7.18. The van der Waals surface area contributed by atoms with Crippen molar-refractivity contribution in [2.24, 2.45) is 4.99 Å². The molecular weight excluding hydrogens is 463 g/mol. The number of benzene rings is 1. The third kappa shape index (κ3) is 9.82. The van der Waals surface area contributed by atoms with Crippen molar-refractivity contribution in [3.63, 3.8) is 0 Å². The Labute approximate surface area is 175 Å². The molecule has 0 N–H and O–H groups in total. The Morgan fingerprint density at radius 2 is 1.57 bits per heavy atom. The number of unbranched alkanes of at least 4 members (excludes halogenated alkanes) is 3. The van der Waals surface area contributed by atoms with Gasteiger partial charge in [-0.15, -0.1) is 0 Å². The molecule has 1 aromatic rings. The van der Waals surface area contributed by atoms with E-state index in [1.54, 1.807) is 0 Å². The Bertz CT molecular complexity index is 558. The summed E-state index contributed by atoms with van der Waals surface area (Å²) in [6.45, 7) is 9.35. The fourth-order valence-electron chi connectivity index (χ4n) is 3.53. The van der Waals surface area contributed by atoms with Crippen LogP contribution in [0.2, 0.25) is 13.3 Å². The van der Waals surface area contributed by atoms with Crippen LogP contribution in [0.4, 0.5) is 8.78 Å². The van der Waals surface area contributed by atoms with Gasteiger partial charge in [-0.05, 0) is 0 Å². The van der Waals surface area contributed by atoms with Crippen LogP contribution in [0, 0.1) is 11.6 Å². The van der Waals surface area contributed by atoms with Crippen molar-refractivity contribution in [1.29, 1.82) is 0 Å². The van der Waals surface area contributed by atoms with E-state index in [1.807, 2.05) is 6.92 Å². The van der Waals surface area contributed by atoms with E-state index in [4.69, 9.17) is 4.74 Å². The van der Waals surface area contributed by atoms with Gasteiger partial charge in [-0.3, -0.25) is 0 Å². The quantitative estimate of drug-likeness (QED) is 0.184. The Morgan fingerprint density at radius 1 is 1.00 bits per heavy atom. The van der Waals surface area contributed by atoms with E-state index in [1.165, 1.54) is 64.1 Å². The Kier molecular flexibility index (Phi) is 13.2. The summed E-state index contributed by atoms with van der Waals surface area (Å²) in [5.74, 6) is -0.901. The second-order valence-electron chi connectivity index (χ2n) is 8.09. The van der Waals surface area contributed by atoms with Crippen molar-refractivity contribution in [1.82, 2.24) is 0 Å². The van der Waals surface area contributed by atoms with Crippen LogP contribution in [-0.2, 0) is 4.74 Å². The van der Waals surface area contributed by atoms with Crippen LogP contribution in [0.1, 0.15) is 71.8 Å². The van der Waals surface area contributed by atoms with Gasteiger partial charge in [0.05, 0.1) is 0 Å². The molecule has 1 atom stereocenters. The number of halogens is 2. The van der Waals surface area contributed by atoms with Gasteiger partial charge in [0, 0.05) is 0 Å². The first-order valence-corrected chi connectivity index (χ1v) is 19.1. The number of rotatable bonds is 15. The topological polar surface area (TPSA) is 21.6 Å². The number of hydrogen-bond donors (Lipinski definition) is 0. The molecule has 5 heteroatoms. The predicted molar refractivity (Wildman–Crippen MR) is 119 cm³/mol. The van der Waals surface area contributed by atoms with Gasteiger partial charge in [-0.2, -0.15) is 0 Å². The van der Waals surface area contributed by atoms with Crippen molar-refractivity contribution in [2.75, 3.05) is 11.2 Å². The van der Waals surface area contributed by atoms with Gasteiger partial charge in [0.25, 0.3) is 0 Å². The Balaban J connectivity index is 2.65. The zero-order valence-corrected chi connectivity index (χ0v) is 21.1. The summed E-state index contributed by atoms with van der Waals surface area (Å²) in [5.41, 5.74) is 0.189. The average Bonchev–Trinajstić information content (AvgIpc) is 2.69. The number of ether oxygens (including phenoxy) is 1. The fraction of sp³-hybridized carbons (Fsp3) is 0.696. The summed E-state index contributed by atoms with van der Waals surface area (Å²) in [6, 6.07) is 3.43. The second-order valence-corrected chi connectivity index (χ2v) is 21.8. The standard InChI is InChI=1S/C11H12F2NO.3C4H9.Sn/c1-8(15-2)6-14-7-9-5-10(12)3-4-11(9)13;3*1-3-4-2;/h3-5,7-8H,2,6H2,1H3;3*1,3-4H2,2H3;/t8-;;;;/m0..../s1. The molecular formula is C23H39F2NOSn. The van der Waals surface area contributed by atoms with Crippen molar-refractivity contribution in [3.8, 4) is 0 Å². The van der Waals surface area contributed by atoms with Crippen LogP contribution in [-0.4, -0.2) is 41.9 Å². The Hall–Kier alpha value is -0.491. The minimum absolute atomic E-state index is 0.00817. The van der Waals surface area contributed by atoms with Gasteiger partial charge in [0.15, 0.2) is 0 Å². The van der Waals surface area contributed by atoms with E-state index >= 15 is 0 Å². The van der Waals surface area contributed by atoms with E-state index in [-0.39, 0.29) is 11.7 Å². The molecule has 2 nitrogen and oxygen atoms in total. The van der Waals surface area contributed by atoms with E-state index in [2.05, 4.69) is 25.8 Å². The minimum atomic E-state index is -2.29. The zero-order valence-electron chi connectivity index (χ0n) is 18.3. The molecule has 0 heterocycles. The number of hydrogen-bond acceptors (Lipinski definition) is 2. The van der Waals surface area contributed by atoms with Crippen LogP contribution < -0.4 is 0 Å². The summed E-state index contributed by atoms with van der Waals surface area (Å²) in [6.07, 6.45) is 9.20. The maximum absolute atomic E-state index is 13.7. The molecule has 0 bridgehead atoms. The molecule has 0 aliphatic heterocycles. The summed E-state index contributed by atoms with van der Waals surface area (Å²) < 4.78 is 38.5. The molecule has 0 aliphatic rings. The van der Waals surface area contributed by atoms with Gasteiger partial charge >= 0.3 is 175 Å². The molecule has 0 aromatic heterocycles. The van der Waals surface area contributed by atoms with Crippen molar-refractivity contribution >= 4 is 24.6 Å². The van der Waals surface area contributed by atoms with Gasteiger partial charge in [0.1, 0.15) is 0 Å². The first-order valence-electron chi connectivity index (χ1n) is 11.0. The SMILES string of the molecule is CCC[CH2][Sn]([CH2]CCC)([CH2]CCC)[CH2]O[C@@H](C)CN=Cc1cc(F)ccc1F. The molecule has 0 amide bonds. The average molecular weight is 502 g/mol. The normalized spacial score (nSPS) is 13.4. The molecule has 0 saturated heterocycles. The van der Waals surface area contributed by atoms with Gasteiger partial charge in [-0.1, -0.05) is 0 Å². The summed E-state index contributed by atoms with van der Waals surface area (Å²) in [4.78, 5) is 4.30. The van der Waals surface area contributed by atoms with Crippen molar-refractivity contribution in [3.05, 3.63) is 35.4 Å². The van der Waals surface area contributed by atoms with E-state index in [0.29, 0.717) is 6.54 Å². The van der Waals surface area contributed by atoms with Gasteiger partial charge in [0.2, 0.25) is 0 Å². The van der Waals surface area contributed by atoms with E-state index in [9.17, 15) is 8.78 Å². The van der Waals surface area contributed by atoms with E-state index < -0.39 is 30.0 Å². The third-order valence-electron chi connectivity index (χ3n) is 5.41. The summed E-state index contributed by atoms with van der Waals surface area (Å²) in [5, 5.41) is 0. The molecule has 0 spiro atoms. The zero-order chi connectivity index (χ0) is 20.8. The molecule has 160 valence electrons. The molecule has 1 rings (SSSR count). The van der Waals surface area contributed by atoms with E-state index in [0.717, 1.165) is 16.8 Å². The second kappa shape index (κ2) is 14.5. The Morgan fingerprint density at radius 3 is 2.11 bits per heavy atom. The monoisotopic (exact) mass is 503 g/mol. The molecule has 0 unspecified atom stereocenters. The molecule has 28 heavy (non-hydrogen) atoms. The third-order valence-corrected chi connectivity index (χ3v) is 19.7. The van der Waals surface area contributed by atoms with Crippen molar-refractivity contribution in [2.45, 2.75) is 85.6 Å². The maximum atomic E-state index is 13.7. The van der Waals surface area contributed by atoms with Crippen LogP contribution in [0.15, 0.2) is 23.2 Å². The first kappa shape index (κ1) is 25.5. The fourth-order valence-corrected chi connectivity index (χ4v) is 18.2. The van der Waals surface area contributed by atoms with Gasteiger partial charge in [-0.25, -0.2) is 0 Å². The number of nitrogens with zero attached hydrogens (tertiary/aromatic N) is 1. The molecule has 0 aliphatic carbocycles. The van der Waals surface area contributed by atoms with Crippen LogP contribution in [0.5, 0.6) is 0 Å². The van der Waals surface area contributed by atoms with Crippen LogP contribution in [0.3, 0.4) is 0 Å². The van der Waals surface area contributed by atoms with Crippen LogP contribution in [0.25, 0.3) is 0 Å². The molecule has 1 aromatic carbocycles. The number of aliphatic imine (C=N–C) groups is 1. The molecule has 0 fully saturated rings. The molecule has 0 saturated carbocycles. The summed E-state index contributed by atoms with van der Waals surface area (Å²) >= 11 is -2.29. The van der Waals surface area contributed by atoms with Crippen molar-refractivity contribution < 1.29 is 13.5 Å². The van der Waals surface area contributed by atoms with Gasteiger partial charge < -0.3 is 0 Å². The van der Waals surface area contributed by atoms with Crippen LogP contribution >= 0.6 is 0 Å². The summed E-state index contributed by atoms with van der Waals surface area (Å²) in [7, 11) is 0. The molecule has 0 radical (unpaired) electrons.